The van der Waals surface area contributed by atoms with E-state index in [1.807, 2.05) is 19.1 Å². The van der Waals surface area contributed by atoms with Crippen molar-refractivity contribution in [3.8, 4) is 0 Å². The number of nitrogens with one attached hydrogen (secondary N) is 1. The van der Waals surface area contributed by atoms with Gasteiger partial charge in [-0.2, -0.15) is 0 Å². The zero-order chi connectivity index (χ0) is 16.4. The Labute approximate surface area is 139 Å². The molecule has 0 saturated carbocycles. The number of halogens is 1. The van der Waals surface area contributed by atoms with Gasteiger partial charge in [-0.1, -0.05) is 17.7 Å². The molecule has 1 aromatic carbocycles. The summed E-state index contributed by atoms with van der Waals surface area (Å²) in [5.41, 5.74) is 1.61. The molecule has 0 unspecified atom stereocenters. The molecule has 1 atom stereocenters. The number of carbonyl (C=O) groups is 2. The first-order valence-electron chi connectivity index (χ1n) is 7.44. The van der Waals surface area contributed by atoms with Crippen LogP contribution < -0.4 is 10.2 Å². The number of furan rings is 1. The SMILES string of the molecule is Cc1c(Cl)cccc1N1CC[C@H](C(=O)NCc2ccco2)C1=O. The fourth-order valence-electron chi connectivity index (χ4n) is 2.76. The van der Waals surface area contributed by atoms with Crippen LogP contribution in [0, 0.1) is 12.8 Å². The Morgan fingerprint density at radius 3 is 2.96 bits per heavy atom. The number of nitrogens with zero attached hydrogens (tertiary/aromatic N) is 1. The van der Waals surface area contributed by atoms with E-state index in [0.717, 1.165) is 11.3 Å². The third-order valence-electron chi connectivity index (χ3n) is 4.07. The van der Waals surface area contributed by atoms with Gasteiger partial charge in [-0.15, -0.1) is 0 Å². The third kappa shape index (κ3) is 3.10. The van der Waals surface area contributed by atoms with E-state index in [9.17, 15) is 9.59 Å². The molecule has 0 bridgehead atoms. The molecular weight excluding hydrogens is 316 g/mol. The molecule has 1 saturated heterocycles. The van der Waals surface area contributed by atoms with Gasteiger partial charge in [0.15, 0.2) is 0 Å². The van der Waals surface area contributed by atoms with Gasteiger partial charge in [0, 0.05) is 17.3 Å². The first kappa shape index (κ1) is 15.6. The second-order valence-corrected chi connectivity index (χ2v) is 5.92. The molecule has 120 valence electrons. The predicted octanol–water partition coefficient (Wildman–Crippen LogP) is 2.91. The lowest BCUT2D eigenvalue weighted by Gasteiger charge is -2.19. The maximum atomic E-state index is 12.6. The van der Waals surface area contributed by atoms with Crippen LogP contribution >= 0.6 is 11.6 Å². The summed E-state index contributed by atoms with van der Waals surface area (Å²) < 4.78 is 5.17. The molecule has 1 aliphatic rings. The quantitative estimate of drug-likeness (QED) is 0.876. The molecule has 0 spiro atoms. The molecule has 2 aromatic rings. The summed E-state index contributed by atoms with van der Waals surface area (Å²) in [5.74, 6) is -0.462. The zero-order valence-corrected chi connectivity index (χ0v) is 13.5. The van der Waals surface area contributed by atoms with Crippen molar-refractivity contribution in [3.05, 3.63) is 52.9 Å². The smallest absolute Gasteiger partial charge is 0.239 e. The first-order valence-corrected chi connectivity index (χ1v) is 7.82. The number of hydrogen-bond acceptors (Lipinski definition) is 3. The van der Waals surface area contributed by atoms with Crippen molar-refractivity contribution in [1.82, 2.24) is 5.32 Å². The predicted molar refractivity (Wildman–Crippen MR) is 87.2 cm³/mol. The average Bonchev–Trinajstić information content (AvgIpc) is 3.18. The van der Waals surface area contributed by atoms with Crippen molar-refractivity contribution < 1.29 is 14.0 Å². The molecule has 2 amide bonds. The van der Waals surface area contributed by atoms with E-state index in [4.69, 9.17) is 16.0 Å². The van der Waals surface area contributed by atoms with E-state index < -0.39 is 5.92 Å². The molecule has 0 aliphatic carbocycles. The lowest BCUT2D eigenvalue weighted by atomic mass is 10.1. The number of anilines is 1. The van der Waals surface area contributed by atoms with Crippen molar-refractivity contribution in [2.75, 3.05) is 11.4 Å². The molecule has 23 heavy (non-hydrogen) atoms. The Morgan fingerprint density at radius 2 is 2.22 bits per heavy atom. The van der Waals surface area contributed by atoms with Crippen molar-refractivity contribution in [3.63, 3.8) is 0 Å². The lowest BCUT2D eigenvalue weighted by molar-refractivity contribution is -0.132. The topological polar surface area (TPSA) is 62.6 Å². The second kappa shape index (κ2) is 6.46. The van der Waals surface area contributed by atoms with Crippen LogP contribution in [0.2, 0.25) is 5.02 Å². The summed E-state index contributed by atoms with van der Waals surface area (Å²) in [6.45, 7) is 2.67. The first-order chi connectivity index (χ1) is 11.1. The van der Waals surface area contributed by atoms with Crippen LogP contribution in [0.1, 0.15) is 17.7 Å². The van der Waals surface area contributed by atoms with Crippen LogP contribution in [-0.4, -0.2) is 18.4 Å². The van der Waals surface area contributed by atoms with Gasteiger partial charge < -0.3 is 14.6 Å². The summed E-state index contributed by atoms with van der Waals surface area (Å²) in [6, 6.07) is 8.98. The molecule has 1 aliphatic heterocycles. The Balaban J connectivity index is 1.68. The van der Waals surface area contributed by atoms with E-state index >= 15 is 0 Å². The molecule has 0 radical (unpaired) electrons. The summed E-state index contributed by atoms with van der Waals surface area (Å²) in [4.78, 5) is 26.5. The summed E-state index contributed by atoms with van der Waals surface area (Å²) in [6.07, 6.45) is 2.04. The monoisotopic (exact) mass is 332 g/mol. The zero-order valence-electron chi connectivity index (χ0n) is 12.7. The minimum absolute atomic E-state index is 0.188. The summed E-state index contributed by atoms with van der Waals surface area (Å²) in [5, 5.41) is 3.36. The molecule has 5 nitrogen and oxygen atoms in total. The minimum Gasteiger partial charge on any atom is -0.467 e. The Hall–Kier alpha value is -2.27. The number of carbonyl (C=O) groups excluding carboxylic acids is 2. The second-order valence-electron chi connectivity index (χ2n) is 5.51. The summed E-state index contributed by atoms with van der Waals surface area (Å²) in [7, 11) is 0. The van der Waals surface area contributed by atoms with Crippen LogP contribution in [0.25, 0.3) is 0 Å². The van der Waals surface area contributed by atoms with Gasteiger partial charge in [-0.25, -0.2) is 0 Å². The van der Waals surface area contributed by atoms with Crippen molar-refractivity contribution in [2.24, 2.45) is 5.92 Å². The normalized spacial score (nSPS) is 17.6. The van der Waals surface area contributed by atoms with E-state index in [2.05, 4.69) is 5.32 Å². The van der Waals surface area contributed by atoms with Gasteiger partial charge >= 0.3 is 0 Å². The Morgan fingerprint density at radius 1 is 1.39 bits per heavy atom. The van der Waals surface area contributed by atoms with Crippen LogP contribution in [0.15, 0.2) is 41.0 Å². The van der Waals surface area contributed by atoms with E-state index in [1.54, 1.807) is 29.4 Å². The number of hydrogen-bond donors (Lipinski definition) is 1. The molecule has 6 heteroatoms. The van der Waals surface area contributed by atoms with Gasteiger partial charge in [-0.3, -0.25) is 9.59 Å². The molecule has 1 aromatic heterocycles. The minimum atomic E-state index is -0.664. The van der Waals surface area contributed by atoms with Crippen LogP contribution in [0.5, 0.6) is 0 Å². The van der Waals surface area contributed by atoms with E-state index in [1.165, 1.54) is 0 Å². The van der Waals surface area contributed by atoms with Crippen LogP contribution in [0.4, 0.5) is 5.69 Å². The number of benzene rings is 1. The number of rotatable bonds is 4. The largest absolute Gasteiger partial charge is 0.467 e. The molecule has 1 fully saturated rings. The van der Waals surface area contributed by atoms with E-state index in [0.29, 0.717) is 23.7 Å². The molecular formula is C17H17ClN2O3. The molecule has 2 heterocycles. The number of amides is 2. The van der Waals surface area contributed by atoms with Gasteiger partial charge in [0.25, 0.3) is 0 Å². The summed E-state index contributed by atoms with van der Waals surface area (Å²) >= 11 is 6.12. The standard InChI is InChI=1S/C17H17ClN2O3/c1-11-14(18)5-2-6-15(11)20-8-7-13(17(20)22)16(21)19-10-12-4-3-9-23-12/h2-6,9,13H,7-8,10H2,1H3,(H,19,21)/t13-/m1/s1. The van der Waals surface area contributed by atoms with Gasteiger partial charge in [0.05, 0.1) is 12.8 Å². The molecule has 3 rings (SSSR count). The highest BCUT2D eigenvalue weighted by Gasteiger charge is 2.38. The van der Waals surface area contributed by atoms with Gasteiger partial charge in [0.2, 0.25) is 11.8 Å². The van der Waals surface area contributed by atoms with E-state index in [-0.39, 0.29) is 18.4 Å². The van der Waals surface area contributed by atoms with Crippen molar-refractivity contribution >= 4 is 29.1 Å². The van der Waals surface area contributed by atoms with Gasteiger partial charge in [-0.05, 0) is 43.2 Å². The third-order valence-corrected chi connectivity index (χ3v) is 4.48. The lowest BCUT2D eigenvalue weighted by Crippen LogP contribution is -2.36. The highest BCUT2D eigenvalue weighted by molar-refractivity contribution is 6.31. The van der Waals surface area contributed by atoms with Gasteiger partial charge in [0.1, 0.15) is 11.7 Å². The Bertz CT molecular complexity index is 727. The highest BCUT2D eigenvalue weighted by Crippen LogP contribution is 2.31. The fraction of sp³-hybridized carbons (Fsp3) is 0.294. The van der Waals surface area contributed by atoms with Crippen LogP contribution in [-0.2, 0) is 16.1 Å². The van der Waals surface area contributed by atoms with Crippen molar-refractivity contribution in [2.45, 2.75) is 19.9 Å². The maximum absolute atomic E-state index is 12.6. The van der Waals surface area contributed by atoms with Crippen LogP contribution in [0.3, 0.4) is 0 Å². The fourth-order valence-corrected chi connectivity index (χ4v) is 2.93. The average molecular weight is 333 g/mol. The highest BCUT2D eigenvalue weighted by atomic mass is 35.5. The molecule has 1 N–H and O–H groups in total. The van der Waals surface area contributed by atoms with Crippen molar-refractivity contribution in [1.29, 1.82) is 0 Å². The maximum Gasteiger partial charge on any atom is 0.239 e. The Kier molecular flexibility index (Phi) is 4.39.